The highest BCUT2D eigenvalue weighted by molar-refractivity contribution is 6.31. The van der Waals surface area contributed by atoms with Crippen LogP contribution in [0.4, 0.5) is 4.39 Å². The van der Waals surface area contributed by atoms with Crippen LogP contribution < -0.4 is 5.73 Å². The molecule has 1 atom stereocenters. The summed E-state index contributed by atoms with van der Waals surface area (Å²) in [4.78, 5) is 0. The van der Waals surface area contributed by atoms with Gasteiger partial charge < -0.3 is 5.73 Å². The zero-order chi connectivity index (χ0) is 14.0. The van der Waals surface area contributed by atoms with Crippen molar-refractivity contribution in [3.05, 3.63) is 69.0 Å². The normalized spacial score (nSPS) is 12.5. The van der Waals surface area contributed by atoms with Crippen LogP contribution >= 0.6 is 23.2 Å². The van der Waals surface area contributed by atoms with Crippen molar-refractivity contribution in [2.75, 3.05) is 0 Å². The molecule has 19 heavy (non-hydrogen) atoms. The topological polar surface area (TPSA) is 26.0 Å². The van der Waals surface area contributed by atoms with Crippen LogP contribution in [0.1, 0.15) is 22.7 Å². The summed E-state index contributed by atoms with van der Waals surface area (Å²) in [5.74, 6) is -0.419. The van der Waals surface area contributed by atoms with E-state index in [0.29, 0.717) is 11.4 Å². The molecule has 0 amide bonds. The Hall–Kier alpha value is -1.09. The number of benzene rings is 2. The number of hydrogen-bond acceptors (Lipinski definition) is 1. The molecule has 0 aliphatic heterocycles. The molecule has 0 fully saturated rings. The van der Waals surface area contributed by atoms with E-state index in [-0.39, 0.29) is 11.1 Å². The average Bonchev–Trinajstić information content (AvgIpc) is 2.32. The van der Waals surface area contributed by atoms with Crippen LogP contribution in [0.25, 0.3) is 0 Å². The average molecular weight is 298 g/mol. The maximum absolute atomic E-state index is 13.1. The van der Waals surface area contributed by atoms with Crippen molar-refractivity contribution in [3.8, 4) is 0 Å². The molecule has 2 aromatic rings. The molecule has 0 aromatic heterocycles. The van der Waals surface area contributed by atoms with Gasteiger partial charge in [-0.3, -0.25) is 0 Å². The number of aryl methyl sites for hydroxylation is 1. The third-order valence-electron chi connectivity index (χ3n) is 2.93. The molecule has 2 aromatic carbocycles. The van der Waals surface area contributed by atoms with Crippen LogP contribution in [0.2, 0.25) is 10.0 Å². The summed E-state index contributed by atoms with van der Waals surface area (Å²) in [7, 11) is 0. The molecule has 4 heteroatoms. The highest BCUT2D eigenvalue weighted by Gasteiger charge is 2.10. The molecular formula is C15H14Cl2FN. The van der Waals surface area contributed by atoms with Gasteiger partial charge in [-0.15, -0.1) is 0 Å². The zero-order valence-corrected chi connectivity index (χ0v) is 12.0. The second kappa shape index (κ2) is 5.91. The van der Waals surface area contributed by atoms with E-state index < -0.39 is 5.82 Å². The van der Waals surface area contributed by atoms with Gasteiger partial charge in [0.05, 0.1) is 5.02 Å². The Morgan fingerprint density at radius 3 is 2.53 bits per heavy atom. The minimum atomic E-state index is -0.419. The van der Waals surface area contributed by atoms with E-state index in [1.54, 1.807) is 12.1 Å². The summed E-state index contributed by atoms with van der Waals surface area (Å²) in [5.41, 5.74) is 9.09. The second-order valence-corrected chi connectivity index (χ2v) is 5.46. The Bertz CT molecular complexity index is 578. The molecule has 0 heterocycles. The minimum Gasteiger partial charge on any atom is -0.324 e. The van der Waals surface area contributed by atoms with E-state index in [2.05, 4.69) is 0 Å². The number of halogens is 3. The van der Waals surface area contributed by atoms with Crippen molar-refractivity contribution in [3.63, 3.8) is 0 Å². The van der Waals surface area contributed by atoms with E-state index in [0.717, 1.165) is 16.7 Å². The molecule has 2 N–H and O–H groups in total. The smallest absolute Gasteiger partial charge is 0.141 e. The lowest BCUT2D eigenvalue weighted by molar-refractivity contribution is 0.626. The molecule has 2 rings (SSSR count). The predicted octanol–water partition coefficient (Wildman–Crippen LogP) is 4.68. The van der Waals surface area contributed by atoms with Gasteiger partial charge in [0.25, 0.3) is 0 Å². The molecular weight excluding hydrogens is 284 g/mol. The summed E-state index contributed by atoms with van der Waals surface area (Å²) in [6.07, 6.45) is 0.583. The first kappa shape index (κ1) is 14.3. The fraction of sp³-hybridized carbons (Fsp3) is 0.200. The minimum absolute atomic E-state index is 0.118. The van der Waals surface area contributed by atoms with Crippen LogP contribution in [-0.2, 0) is 6.42 Å². The largest absolute Gasteiger partial charge is 0.324 e. The summed E-state index contributed by atoms with van der Waals surface area (Å²) in [6.45, 7) is 1.97. The van der Waals surface area contributed by atoms with E-state index in [1.165, 1.54) is 6.07 Å². The zero-order valence-electron chi connectivity index (χ0n) is 10.5. The number of nitrogens with two attached hydrogens (primary N) is 1. The van der Waals surface area contributed by atoms with Gasteiger partial charge in [0, 0.05) is 11.1 Å². The highest BCUT2D eigenvalue weighted by atomic mass is 35.5. The maximum atomic E-state index is 13.1. The third kappa shape index (κ3) is 3.69. The van der Waals surface area contributed by atoms with Crippen LogP contribution in [0.5, 0.6) is 0 Å². The summed E-state index contributed by atoms with van der Waals surface area (Å²) in [5, 5.41) is 0.787. The van der Waals surface area contributed by atoms with Gasteiger partial charge in [-0.2, -0.15) is 0 Å². The van der Waals surface area contributed by atoms with E-state index in [1.807, 2.05) is 25.1 Å². The fourth-order valence-corrected chi connectivity index (χ4v) is 2.52. The van der Waals surface area contributed by atoms with Gasteiger partial charge in [-0.25, -0.2) is 4.39 Å². The molecule has 0 aliphatic carbocycles. The summed E-state index contributed by atoms with van der Waals surface area (Å²) >= 11 is 11.8. The molecule has 1 nitrogen and oxygen atoms in total. The molecule has 0 aliphatic rings. The molecule has 0 spiro atoms. The van der Waals surface area contributed by atoms with Crippen molar-refractivity contribution in [1.29, 1.82) is 0 Å². The SMILES string of the molecule is Cc1cc(Cl)cc(C(N)Cc2ccc(F)c(Cl)c2)c1. The van der Waals surface area contributed by atoms with Crippen molar-refractivity contribution < 1.29 is 4.39 Å². The molecule has 0 bridgehead atoms. The second-order valence-electron chi connectivity index (χ2n) is 4.62. The first-order valence-corrected chi connectivity index (χ1v) is 6.68. The number of rotatable bonds is 3. The van der Waals surface area contributed by atoms with Gasteiger partial charge in [0.1, 0.15) is 5.82 Å². The lowest BCUT2D eigenvalue weighted by atomic mass is 9.98. The fourth-order valence-electron chi connectivity index (χ4n) is 2.02. The summed E-state index contributed by atoms with van der Waals surface area (Å²) < 4.78 is 13.1. The van der Waals surface area contributed by atoms with Gasteiger partial charge in [-0.1, -0.05) is 35.3 Å². The lowest BCUT2D eigenvalue weighted by Crippen LogP contribution is -2.13. The molecule has 0 saturated heterocycles. The van der Waals surface area contributed by atoms with Crippen molar-refractivity contribution in [1.82, 2.24) is 0 Å². The Balaban J connectivity index is 2.20. The van der Waals surface area contributed by atoms with E-state index in [9.17, 15) is 4.39 Å². The van der Waals surface area contributed by atoms with Gasteiger partial charge in [0.15, 0.2) is 0 Å². The molecule has 100 valence electrons. The van der Waals surface area contributed by atoms with Crippen molar-refractivity contribution in [2.24, 2.45) is 5.73 Å². The molecule has 0 radical (unpaired) electrons. The predicted molar refractivity (Wildman–Crippen MR) is 78.2 cm³/mol. The Morgan fingerprint density at radius 2 is 1.89 bits per heavy atom. The monoisotopic (exact) mass is 297 g/mol. The maximum Gasteiger partial charge on any atom is 0.141 e. The third-order valence-corrected chi connectivity index (χ3v) is 3.44. The van der Waals surface area contributed by atoms with Crippen LogP contribution in [0.3, 0.4) is 0 Å². The quantitative estimate of drug-likeness (QED) is 0.874. The Kier molecular flexibility index (Phi) is 4.46. The van der Waals surface area contributed by atoms with Crippen LogP contribution in [-0.4, -0.2) is 0 Å². The Morgan fingerprint density at radius 1 is 1.16 bits per heavy atom. The lowest BCUT2D eigenvalue weighted by Gasteiger charge is -2.14. The van der Waals surface area contributed by atoms with Gasteiger partial charge >= 0.3 is 0 Å². The Labute approximate surface area is 122 Å². The first-order valence-electron chi connectivity index (χ1n) is 5.92. The molecule has 1 unspecified atom stereocenters. The van der Waals surface area contributed by atoms with Crippen LogP contribution in [0.15, 0.2) is 36.4 Å². The van der Waals surface area contributed by atoms with Crippen LogP contribution in [0, 0.1) is 12.7 Å². The highest BCUT2D eigenvalue weighted by Crippen LogP contribution is 2.23. The summed E-state index contributed by atoms with van der Waals surface area (Å²) in [6, 6.07) is 10.2. The van der Waals surface area contributed by atoms with Crippen molar-refractivity contribution in [2.45, 2.75) is 19.4 Å². The first-order chi connectivity index (χ1) is 8.95. The van der Waals surface area contributed by atoms with Gasteiger partial charge in [-0.05, 0) is 54.3 Å². The van der Waals surface area contributed by atoms with Gasteiger partial charge in [0.2, 0.25) is 0 Å². The number of hydrogen-bond donors (Lipinski definition) is 1. The molecule has 0 saturated carbocycles. The van der Waals surface area contributed by atoms with Crippen molar-refractivity contribution >= 4 is 23.2 Å². The standard InChI is InChI=1S/C15H14Cl2FN/c1-9-4-11(8-12(16)5-9)15(19)7-10-2-3-14(18)13(17)6-10/h2-6,8,15H,7,19H2,1H3. The van der Waals surface area contributed by atoms with E-state index in [4.69, 9.17) is 28.9 Å². The van der Waals surface area contributed by atoms with E-state index >= 15 is 0 Å².